The third-order valence-corrected chi connectivity index (χ3v) is 12.7. The fourth-order valence-corrected chi connectivity index (χ4v) is 10.5. The summed E-state index contributed by atoms with van der Waals surface area (Å²) in [6.45, 7) is 0. The van der Waals surface area contributed by atoms with Crippen molar-refractivity contribution in [3.8, 4) is 16.8 Å². The average Bonchev–Trinajstić information content (AvgIpc) is 3.89. The Labute approximate surface area is 308 Å². The molecule has 8 aromatic carbocycles. The highest BCUT2D eigenvalue weighted by Crippen LogP contribution is 2.51. The predicted octanol–water partition coefficient (Wildman–Crippen LogP) is 14.7. The van der Waals surface area contributed by atoms with Gasteiger partial charge in [0.1, 0.15) is 0 Å². The molecular weight excluding hydrogens is 669 g/mol. The summed E-state index contributed by atoms with van der Waals surface area (Å²) < 4.78 is 7.62. The van der Waals surface area contributed by atoms with Crippen LogP contribution in [0.5, 0.6) is 0 Å². The number of nitrogens with zero attached hydrogens (tertiary/aromatic N) is 2. The van der Waals surface area contributed by atoms with E-state index in [1.807, 2.05) is 22.7 Å². The summed E-state index contributed by atoms with van der Waals surface area (Å²) >= 11 is 3.75. The molecule has 0 radical (unpaired) electrons. The van der Waals surface area contributed by atoms with Gasteiger partial charge in [0, 0.05) is 62.5 Å². The Morgan fingerprint density at radius 1 is 0.404 bits per heavy atom. The van der Waals surface area contributed by atoms with Crippen molar-refractivity contribution < 1.29 is 0 Å². The molecule has 244 valence electrons. The molecule has 0 fully saturated rings. The minimum atomic E-state index is 1.14. The van der Waals surface area contributed by atoms with Crippen molar-refractivity contribution in [3.05, 3.63) is 182 Å². The maximum absolute atomic E-state index is 2.53. The Kier molecular flexibility index (Phi) is 6.63. The van der Waals surface area contributed by atoms with E-state index < -0.39 is 0 Å². The Morgan fingerprint density at radius 2 is 1.04 bits per heavy atom. The van der Waals surface area contributed by atoms with Crippen molar-refractivity contribution in [1.29, 1.82) is 0 Å². The van der Waals surface area contributed by atoms with Crippen LogP contribution in [0, 0.1) is 0 Å². The molecule has 2 nitrogen and oxygen atoms in total. The SMILES string of the molecule is c1ccc(-c2ccc(N(c3ccc4sc5ccccc5c4c3)c3cccc4c3c3ccccc3n4-c3ccccc3)c3c2sc2ccccc23)cc1. The first kappa shape index (κ1) is 29.5. The molecule has 0 aliphatic heterocycles. The van der Waals surface area contributed by atoms with Gasteiger partial charge in [-0.1, -0.05) is 115 Å². The molecule has 0 saturated heterocycles. The molecule has 0 atom stereocenters. The van der Waals surface area contributed by atoms with Crippen LogP contribution >= 0.6 is 22.7 Å². The maximum Gasteiger partial charge on any atom is 0.0562 e. The van der Waals surface area contributed by atoms with Crippen molar-refractivity contribution in [3.63, 3.8) is 0 Å². The molecule has 0 bridgehead atoms. The molecule has 0 amide bonds. The molecule has 11 rings (SSSR count). The van der Waals surface area contributed by atoms with E-state index in [2.05, 4.69) is 191 Å². The van der Waals surface area contributed by atoms with E-state index in [1.54, 1.807) is 0 Å². The fourth-order valence-electron chi connectivity index (χ4n) is 8.15. The third-order valence-electron chi connectivity index (χ3n) is 10.4. The lowest BCUT2D eigenvalue weighted by atomic mass is 9.99. The summed E-state index contributed by atoms with van der Waals surface area (Å²) in [7, 11) is 0. The van der Waals surface area contributed by atoms with E-state index in [1.165, 1.54) is 79.0 Å². The first-order valence-corrected chi connectivity index (χ1v) is 19.2. The highest BCUT2D eigenvalue weighted by molar-refractivity contribution is 7.26. The molecule has 0 saturated carbocycles. The molecule has 0 unspecified atom stereocenters. The van der Waals surface area contributed by atoms with Gasteiger partial charge >= 0.3 is 0 Å². The molecule has 4 heteroatoms. The van der Waals surface area contributed by atoms with E-state index in [4.69, 9.17) is 0 Å². The molecule has 0 aliphatic rings. The normalized spacial score (nSPS) is 11.8. The lowest BCUT2D eigenvalue weighted by Gasteiger charge is -2.28. The van der Waals surface area contributed by atoms with Gasteiger partial charge in [0.05, 0.1) is 22.4 Å². The Hall–Kier alpha value is -6.20. The second-order valence-electron chi connectivity index (χ2n) is 13.3. The Morgan fingerprint density at radius 3 is 1.87 bits per heavy atom. The largest absolute Gasteiger partial charge is 0.309 e. The van der Waals surface area contributed by atoms with Gasteiger partial charge in [-0.25, -0.2) is 0 Å². The van der Waals surface area contributed by atoms with Gasteiger partial charge in [-0.05, 0) is 77.9 Å². The van der Waals surface area contributed by atoms with Gasteiger partial charge in [0.25, 0.3) is 0 Å². The fraction of sp³-hybridized carbons (Fsp3) is 0. The number of hydrogen-bond acceptors (Lipinski definition) is 3. The van der Waals surface area contributed by atoms with E-state index >= 15 is 0 Å². The number of para-hydroxylation sites is 2. The van der Waals surface area contributed by atoms with Crippen LogP contribution < -0.4 is 4.90 Å². The molecule has 3 heterocycles. The highest BCUT2D eigenvalue weighted by atomic mass is 32.1. The van der Waals surface area contributed by atoms with E-state index in [-0.39, 0.29) is 0 Å². The van der Waals surface area contributed by atoms with Gasteiger partial charge in [-0.3, -0.25) is 0 Å². The zero-order valence-corrected chi connectivity index (χ0v) is 29.7. The number of rotatable bonds is 5. The van der Waals surface area contributed by atoms with Crippen LogP contribution in [0.1, 0.15) is 0 Å². The highest BCUT2D eigenvalue weighted by Gasteiger charge is 2.25. The molecule has 0 aliphatic carbocycles. The van der Waals surface area contributed by atoms with Crippen LogP contribution in [0.3, 0.4) is 0 Å². The molecule has 3 aromatic heterocycles. The molecule has 52 heavy (non-hydrogen) atoms. The van der Waals surface area contributed by atoms with Crippen LogP contribution in [0.2, 0.25) is 0 Å². The predicted molar refractivity (Wildman–Crippen MR) is 227 cm³/mol. The van der Waals surface area contributed by atoms with Gasteiger partial charge in [0.15, 0.2) is 0 Å². The summed E-state index contributed by atoms with van der Waals surface area (Å²) in [5.41, 5.74) is 9.51. The number of aromatic nitrogens is 1. The van der Waals surface area contributed by atoms with Crippen molar-refractivity contribution in [2.75, 3.05) is 4.90 Å². The average molecular weight is 699 g/mol. The van der Waals surface area contributed by atoms with Crippen LogP contribution in [0.4, 0.5) is 17.1 Å². The van der Waals surface area contributed by atoms with Gasteiger partial charge in [-0.2, -0.15) is 0 Å². The van der Waals surface area contributed by atoms with Crippen LogP contribution in [-0.4, -0.2) is 4.57 Å². The van der Waals surface area contributed by atoms with Gasteiger partial charge in [-0.15, -0.1) is 22.7 Å². The van der Waals surface area contributed by atoms with Crippen molar-refractivity contribution in [2.24, 2.45) is 0 Å². The second-order valence-corrected chi connectivity index (χ2v) is 15.4. The summed E-state index contributed by atoms with van der Waals surface area (Å²) in [6.07, 6.45) is 0. The van der Waals surface area contributed by atoms with Crippen LogP contribution in [-0.2, 0) is 0 Å². The third kappa shape index (κ3) is 4.42. The lowest BCUT2D eigenvalue weighted by molar-refractivity contribution is 1.18. The number of benzene rings is 8. The Bertz CT molecular complexity index is 3120. The van der Waals surface area contributed by atoms with E-state index in [9.17, 15) is 0 Å². The van der Waals surface area contributed by atoms with Crippen molar-refractivity contribution >= 4 is 102 Å². The lowest BCUT2D eigenvalue weighted by Crippen LogP contribution is -2.11. The minimum Gasteiger partial charge on any atom is -0.309 e. The quantitative estimate of drug-likeness (QED) is 0.174. The van der Waals surface area contributed by atoms with Gasteiger partial charge in [0.2, 0.25) is 0 Å². The molecule has 0 spiro atoms. The molecule has 11 aromatic rings. The molecule has 0 N–H and O–H groups in total. The standard InChI is InChI=1S/C48H30N2S2/c1-3-14-31(15-4-1)34-27-28-42(47-37-20-9-12-25-44(37)52-48(34)47)50(33-26-29-45-38(30-33)35-18-8-11-24-43(35)51-45)41-23-13-22-40-46(41)36-19-7-10-21-39(36)49(40)32-16-5-2-6-17-32/h1-30H. The van der Waals surface area contributed by atoms with Crippen molar-refractivity contribution in [2.45, 2.75) is 0 Å². The van der Waals surface area contributed by atoms with E-state index in [0.717, 1.165) is 17.1 Å². The summed E-state index contributed by atoms with van der Waals surface area (Å²) in [5.74, 6) is 0. The van der Waals surface area contributed by atoms with E-state index in [0.29, 0.717) is 0 Å². The van der Waals surface area contributed by atoms with Crippen LogP contribution in [0.15, 0.2) is 182 Å². The topological polar surface area (TPSA) is 8.17 Å². The monoisotopic (exact) mass is 698 g/mol. The minimum absolute atomic E-state index is 1.14. The number of fused-ring (bicyclic) bond motifs is 9. The first-order valence-electron chi connectivity index (χ1n) is 17.6. The number of thiophene rings is 2. The molecular formula is C48H30N2S2. The number of hydrogen-bond donors (Lipinski definition) is 0. The summed E-state index contributed by atoms with van der Waals surface area (Å²) in [6, 6.07) is 66.6. The maximum atomic E-state index is 2.53. The zero-order chi connectivity index (χ0) is 34.2. The first-order chi connectivity index (χ1) is 25.8. The summed E-state index contributed by atoms with van der Waals surface area (Å²) in [5, 5.41) is 7.61. The van der Waals surface area contributed by atoms with Crippen LogP contribution in [0.25, 0.3) is 79.0 Å². The van der Waals surface area contributed by atoms with Gasteiger partial charge < -0.3 is 9.47 Å². The van der Waals surface area contributed by atoms with Crippen molar-refractivity contribution in [1.82, 2.24) is 4.57 Å². The summed E-state index contributed by atoms with van der Waals surface area (Å²) in [4.78, 5) is 2.53. The Balaban J connectivity index is 1.28. The second kappa shape index (κ2) is 11.7. The smallest absolute Gasteiger partial charge is 0.0562 e. The zero-order valence-electron chi connectivity index (χ0n) is 28.0. The number of anilines is 3.